The number of aromatic nitrogens is 4. The molecule has 0 aliphatic carbocycles. The van der Waals surface area contributed by atoms with Crippen molar-refractivity contribution in [2.45, 2.75) is 32.7 Å². The van der Waals surface area contributed by atoms with Crippen LogP contribution in [0.25, 0.3) is 5.70 Å². The Morgan fingerprint density at radius 2 is 1.75 bits per heavy atom. The first kappa shape index (κ1) is 20.4. The van der Waals surface area contributed by atoms with Crippen molar-refractivity contribution >= 4 is 17.6 Å². The Kier molecular flexibility index (Phi) is 5.47. The third kappa shape index (κ3) is 3.90. The smallest absolute Gasteiger partial charge is 0.251 e. The lowest BCUT2D eigenvalue weighted by Crippen LogP contribution is -2.45. The van der Waals surface area contributed by atoms with Crippen molar-refractivity contribution < 1.29 is 4.79 Å². The summed E-state index contributed by atoms with van der Waals surface area (Å²) in [4.78, 5) is 17.2. The minimum absolute atomic E-state index is 0.113. The number of anilines is 1. The zero-order chi connectivity index (χ0) is 22.1. The molecule has 2 aliphatic heterocycles. The molecule has 2 aliphatic rings. The quantitative estimate of drug-likeness (QED) is 0.634. The van der Waals surface area contributed by atoms with Crippen LogP contribution in [-0.4, -0.2) is 50.6 Å². The number of hydrogen-bond donors (Lipinski definition) is 0. The Labute approximate surface area is 188 Å². The second-order valence-electron chi connectivity index (χ2n) is 8.85. The fourth-order valence-electron chi connectivity index (χ4n) is 4.48. The first-order chi connectivity index (χ1) is 15.6. The summed E-state index contributed by atoms with van der Waals surface area (Å²) in [6.45, 7) is 6.18. The van der Waals surface area contributed by atoms with E-state index in [-0.39, 0.29) is 18.5 Å². The second kappa shape index (κ2) is 8.57. The van der Waals surface area contributed by atoms with Crippen LogP contribution < -0.4 is 4.90 Å². The Balaban J connectivity index is 1.53. The predicted octanol–water partition coefficient (Wildman–Crippen LogP) is 3.69. The molecule has 0 spiro atoms. The van der Waals surface area contributed by atoms with E-state index < -0.39 is 0 Å². The molecule has 0 saturated carbocycles. The number of allylic oxidation sites excluding steroid dienone is 1. The van der Waals surface area contributed by atoms with Crippen molar-refractivity contribution in [1.82, 2.24) is 25.1 Å². The third-order valence-corrected chi connectivity index (χ3v) is 6.51. The van der Waals surface area contributed by atoms with Gasteiger partial charge in [-0.1, -0.05) is 72.2 Å². The van der Waals surface area contributed by atoms with E-state index in [1.54, 1.807) is 0 Å². The van der Waals surface area contributed by atoms with Gasteiger partial charge in [0.25, 0.3) is 5.95 Å². The first-order valence-corrected chi connectivity index (χ1v) is 11.3. The fourth-order valence-corrected chi connectivity index (χ4v) is 4.48. The van der Waals surface area contributed by atoms with Crippen molar-refractivity contribution in [3.63, 3.8) is 0 Å². The molecule has 0 radical (unpaired) electrons. The van der Waals surface area contributed by atoms with E-state index in [9.17, 15) is 4.79 Å². The van der Waals surface area contributed by atoms with Gasteiger partial charge in [-0.25, -0.2) is 0 Å². The van der Waals surface area contributed by atoms with Gasteiger partial charge in [-0.05, 0) is 53.3 Å². The third-order valence-electron chi connectivity index (χ3n) is 6.51. The van der Waals surface area contributed by atoms with Crippen LogP contribution in [0.4, 0.5) is 5.95 Å². The Bertz CT molecular complexity index is 1110. The zero-order valence-corrected chi connectivity index (χ0v) is 18.6. The highest BCUT2D eigenvalue weighted by Gasteiger charge is 2.33. The number of benzene rings is 2. The van der Waals surface area contributed by atoms with E-state index >= 15 is 0 Å². The number of likely N-dealkylation sites (tertiary alicyclic amines) is 1. The molecular weight excluding hydrogens is 400 g/mol. The van der Waals surface area contributed by atoms with Crippen molar-refractivity contribution in [2.75, 3.05) is 24.5 Å². The molecule has 164 valence electrons. The van der Waals surface area contributed by atoms with E-state index in [1.165, 1.54) is 5.56 Å². The van der Waals surface area contributed by atoms with Gasteiger partial charge in [0.2, 0.25) is 5.91 Å². The Morgan fingerprint density at radius 1 is 1.03 bits per heavy atom. The molecule has 0 bridgehead atoms. The van der Waals surface area contributed by atoms with Gasteiger partial charge in [-0.2, -0.15) is 4.68 Å². The summed E-state index contributed by atoms with van der Waals surface area (Å²) in [5.41, 5.74) is 4.31. The summed E-state index contributed by atoms with van der Waals surface area (Å²) in [6.07, 6.45) is 4.27. The summed E-state index contributed by atoms with van der Waals surface area (Å²) in [7, 11) is 0. The molecular formula is C25H28N6O. The normalized spacial score (nSPS) is 18.9. The number of nitrogens with zero attached hydrogens (tertiary/aromatic N) is 6. The van der Waals surface area contributed by atoms with Crippen molar-refractivity contribution in [2.24, 2.45) is 5.92 Å². The molecule has 1 unspecified atom stereocenters. The van der Waals surface area contributed by atoms with Crippen molar-refractivity contribution in [1.29, 1.82) is 0 Å². The molecule has 1 fully saturated rings. The van der Waals surface area contributed by atoms with Gasteiger partial charge in [0.15, 0.2) is 0 Å². The van der Waals surface area contributed by atoms with Crippen LogP contribution in [0.2, 0.25) is 0 Å². The number of rotatable bonds is 4. The minimum Gasteiger partial charge on any atom is -0.341 e. The summed E-state index contributed by atoms with van der Waals surface area (Å²) < 4.78 is 1.81. The monoisotopic (exact) mass is 428 g/mol. The summed E-state index contributed by atoms with van der Waals surface area (Å²) in [6, 6.07) is 18.4. The van der Waals surface area contributed by atoms with E-state index in [4.69, 9.17) is 0 Å². The van der Waals surface area contributed by atoms with E-state index in [0.29, 0.717) is 11.9 Å². The second-order valence-corrected chi connectivity index (χ2v) is 8.85. The van der Waals surface area contributed by atoms with Crippen molar-refractivity contribution in [3.05, 3.63) is 77.4 Å². The Hall–Kier alpha value is -3.48. The standard InChI is InChI=1S/C25H28N6O/c1-18-8-10-21(11-9-18)23-16-22(20-6-4-3-5-7-20)30(25-26-27-28-31(23)25)17-24(32)29-14-12-19(2)13-15-29/h3-11,16,19,23H,12-15,17H2,1-2H3. The highest BCUT2D eigenvalue weighted by Crippen LogP contribution is 2.36. The van der Waals surface area contributed by atoms with Gasteiger partial charge in [0.1, 0.15) is 12.6 Å². The van der Waals surface area contributed by atoms with Gasteiger partial charge in [0, 0.05) is 13.1 Å². The van der Waals surface area contributed by atoms with Gasteiger partial charge in [-0.15, -0.1) is 0 Å². The van der Waals surface area contributed by atoms with Crippen LogP contribution in [0.15, 0.2) is 60.7 Å². The highest BCUT2D eigenvalue weighted by atomic mass is 16.2. The number of carbonyl (C=O) groups excluding carboxylic acids is 1. The van der Waals surface area contributed by atoms with Gasteiger partial charge in [0.05, 0.1) is 5.70 Å². The van der Waals surface area contributed by atoms with Crippen LogP contribution >= 0.6 is 0 Å². The molecule has 2 aromatic carbocycles. The average molecular weight is 429 g/mol. The summed E-state index contributed by atoms with van der Waals surface area (Å²) in [5, 5.41) is 12.6. The molecule has 7 heteroatoms. The van der Waals surface area contributed by atoms with Crippen molar-refractivity contribution in [3.8, 4) is 0 Å². The van der Waals surface area contributed by atoms with Crippen LogP contribution in [0.3, 0.4) is 0 Å². The molecule has 3 heterocycles. The lowest BCUT2D eigenvalue weighted by Gasteiger charge is -2.35. The largest absolute Gasteiger partial charge is 0.341 e. The summed E-state index contributed by atoms with van der Waals surface area (Å²) >= 11 is 0. The van der Waals surface area contributed by atoms with E-state index in [2.05, 4.69) is 71.8 Å². The summed E-state index contributed by atoms with van der Waals surface area (Å²) in [5.74, 6) is 1.38. The van der Waals surface area contributed by atoms with Gasteiger partial charge in [-0.3, -0.25) is 9.69 Å². The van der Waals surface area contributed by atoms with Gasteiger partial charge >= 0.3 is 0 Å². The molecule has 0 N–H and O–H groups in total. The zero-order valence-electron chi connectivity index (χ0n) is 18.6. The topological polar surface area (TPSA) is 67.2 Å². The maximum absolute atomic E-state index is 13.2. The number of hydrogen-bond acceptors (Lipinski definition) is 5. The molecule has 1 saturated heterocycles. The lowest BCUT2D eigenvalue weighted by molar-refractivity contribution is -0.130. The first-order valence-electron chi connectivity index (χ1n) is 11.3. The molecule has 7 nitrogen and oxygen atoms in total. The maximum Gasteiger partial charge on any atom is 0.251 e. The van der Waals surface area contributed by atoms with Gasteiger partial charge < -0.3 is 4.90 Å². The number of carbonyl (C=O) groups is 1. The maximum atomic E-state index is 13.2. The molecule has 3 aromatic rings. The SMILES string of the molecule is Cc1ccc(C2C=C(c3ccccc3)N(CC(=O)N3CCC(C)CC3)c3nnnn32)cc1. The average Bonchev–Trinajstić information content (AvgIpc) is 3.31. The van der Waals surface area contributed by atoms with E-state index in [0.717, 1.165) is 42.8 Å². The Morgan fingerprint density at radius 3 is 2.47 bits per heavy atom. The number of piperidine rings is 1. The van der Waals surface area contributed by atoms with Crippen LogP contribution in [0, 0.1) is 12.8 Å². The molecule has 1 amide bonds. The number of aryl methyl sites for hydroxylation is 1. The van der Waals surface area contributed by atoms with E-state index in [1.807, 2.05) is 32.7 Å². The number of tetrazole rings is 1. The van der Waals surface area contributed by atoms with Crippen LogP contribution in [0.5, 0.6) is 0 Å². The molecule has 5 rings (SSSR count). The lowest BCUT2D eigenvalue weighted by atomic mass is 9.98. The predicted molar refractivity (Wildman–Crippen MR) is 124 cm³/mol. The highest BCUT2D eigenvalue weighted by molar-refractivity contribution is 5.89. The number of fused-ring (bicyclic) bond motifs is 1. The molecule has 1 aromatic heterocycles. The molecule has 1 atom stereocenters. The van der Waals surface area contributed by atoms with Crippen LogP contribution in [-0.2, 0) is 4.79 Å². The van der Waals surface area contributed by atoms with Crippen LogP contribution in [0.1, 0.15) is 42.5 Å². The fraction of sp³-hybridized carbons (Fsp3) is 0.360. The number of amides is 1. The molecule has 32 heavy (non-hydrogen) atoms. The minimum atomic E-state index is -0.141.